The van der Waals surface area contributed by atoms with E-state index < -0.39 is 0 Å². The summed E-state index contributed by atoms with van der Waals surface area (Å²) in [5.74, 6) is -0.238. The highest BCUT2D eigenvalue weighted by Crippen LogP contribution is 2.16. The van der Waals surface area contributed by atoms with Crippen molar-refractivity contribution in [1.82, 2.24) is 9.97 Å². The highest BCUT2D eigenvalue weighted by atomic mass is 35.5. The first-order chi connectivity index (χ1) is 6.22. The summed E-state index contributed by atoms with van der Waals surface area (Å²) >= 11 is 5.56. The van der Waals surface area contributed by atoms with Crippen LogP contribution in [-0.4, -0.2) is 9.97 Å². The molecule has 1 aromatic rings. The van der Waals surface area contributed by atoms with Gasteiger partial charge in [0.05, 0.1) is 0 Å². The molecule has 1 aromatic heterocycles. The van der Waals surface area contributed by atoms with Crippen molar-refractivity contribution in [2.45, 2.75) is 0 Å². The van der Waals surface area contributed by atoms with Gasteiger partial charge in [0.15, 0.2) is 11.4 Å². The molecule has 0 fully saturated rings. The number of nitrogens with zero attached hydrogens (tertiary/aromatic N) is 5. The summed E-state index contributed by atoms with van der Waals surface area (Å²) in [6.07, 6.45) is 0. The van der Waals surface area contributed by atoms with E-state index in [4.69, 9.17) is 27.4 Å². The van der Waals surface area contributed by atoms with Gasteiger partial charge in [0.25, 0.3) is 0 Å². The summed E-state index contributed by atoms with van der Waals surface area (Å²) in [5, 5.41) is 25.3. The summed E-state index contributed by atoms with van der Waals surface area (Å²) in [5.41, 5.74) is -0.325. The number of hydrogen-bond acceptors (Lipinski definition) is 5. The Balaban J connectivity index is 3.53. The number of aromatic nitrogens is 2. The minimum atomic E-state index is -0.238. The normalized spacial score (nSPS) is 8.15. The minimum absolute atomic E-state index is 0.121. The van der Waals surface area contributed by atoms with E-state index in [0.29, 0.717) is 0 Å². The first kappa shape index (κ1) is 8.93. The van der Waals surface area contributed by atoms with Crippen molar-refractivity contribution in [1.29, 1.82) is 15.8 Å². The van der Waals surface area contributed by atoms with Crippen LogP contribution in [0.25, 0.3) is 0 Å². The largest absolute Gasteiger partial charge is 0.234 e. The predicted molar refractivity (Wildman–Crippen MR) is 41.2 cm³/mol. The molecular weight excluding hydrogens is 190 g/mol. The Morgan fingerprint density at radius 3 is 1.69 bits per heavy atom. The van der Waals surface area contributed by atoms with Gasteiger partial charge in [-0.15, -0.1) is 0 Å². The lowest BCUT2D eigenvalue weighted by Crippen LogP contribution is -1.97. The molecule has 60 valence electrons. The SMILES string of the molecule is N#Cc1nc(C#N)c(Cl)c(C#N)n1. The molecule has 1 heterocycles. The zero-order valence-corrected chi connectivity index (χ0v) is 6.87. The lowest BCUT2D eigenvalue weighted by atomic mass is 10.3. The second-order valence-corrected chi connectivity index (χ2v) is 2.27. The Bertz CT molecular complexity index is 438. The van der Waals surface area contributed by atoms with Gasteiger partial charge in [0, 0.05) is 0 Å². The molecule has 1 rings (SSSR count). The zero-order valence-electron chi connectivity index (χ0n) is 6.11. The van der Waals surface area contributed by atoms with Gasteiger partial charge in [-0.2, -0.15) is 15.8 Å². The van der Waals surface area contributed by atoms with Crippen LogP contribution in [0.3, 0.4) is 0 Å². The van der Waals surface area contributed by atoms with Crippen molar-refractivity contribution >= 4 is 11.6 Å². The van der Waals surface area contributed by atoms with Crippen LogP contribution >= 0.6 is 11.6 Å². The highest BCUT2D eigenvalue weighted by molar-refractivity contribution is 6.32. The van der Waals surface area contributed by atoms with E-state index in [-0.39, 0.29) is 22.2 Å². The van der Waals surface area contributed by atoms with Crippen molar-refractivity contribution in [2.75, 3.05) is 0 Å². The van der Waals surface area contributed by atoms with Crippen LogP contribution in [0.2, 0.25) is 5.02 Å². The number of hydrogen-bond donors (Lipinski definition) is 0. The smallest absolute Gasteiger partial charge is 0.206 e. The van der Waals surface area contributed by atoms with Crippen LogP contribution in [-0.2, 0) is 0 Å². The summed E-state index contributed by atoms with van der Waals surface area (Å²) in [7, 11) is 0. The minimum Gasteiger partial charge on any atom is -0.206 e. The van der Waals surface area contributed by atoms with Crippen molar-refractivity contribution in [3.63, 3.8) is 0 Å². The molecule has 6 heteroatoms. The third kappa shape index (κ3) is 1.54. The van der Waals surface area contributed by atoms with Crippen molar-refractivity contribution in [3.05, 3.63) is 22.2 Å². The van der Waals surface area contributed by atoms with Crippen LogP contribution in [0.5, 0.6) is 0 Å². The van der Waals surface area contributed by atoms with E-state index in [9.17, 15) is 0 Å². The third-order valence-electron chi connectivity index (χ3n) is 1.16. The van der Waals surface area contributed by atoms with E-state index in [1.165, 1.54) is 0 Å². The van der Waals surface area contributed by atoms with E-state index >= 15 is 0 Å². The average Bonchev–Trinajstić information content (AvgIpc) is 2.18. The molecule has 0 spiro atoms. The molecule has 0 bridgehead atoms. The number of rotatable bonds is 0. The molecule has 5 nitrogen and oxygen atoms in total. The highest BCUT2D eigenvalue weighted by Gasteiger charge is 2.11. The molecule has 0 aromatic carbocycles. The van der Waals surface area contributed by atoms with Gasteiger partial charge in [0.1, 0.15) is 23.2 Å². The molecule has 0 aliphatic rings. The van der Waals surface area contributed by atoms with Crippen LogP contribution < -0.4 is 0 Å². The van der Waals surface area contributed by atoms with Gasteiger partial charge >= 0.3 is 0 Å². The quantitative estimate of drug-likeness (QED) is 0.600. The van der Waals surface area contributed by atoms with Gasteiger partial charge in [-0.1, -0.05) is 11.6 Å². The second kappa shape index (κ2) is 3.49. The fourth-order valence-electron chi connectivity index (χ4n) is 0.645. The maximum atomic E-state index is 8.51. The van der Waals surface area contributed by atoms with Crippen LogP contribution in [0, 0.1) is 34.0 Å². The van der Waals surface area contributed by atoms with Crippen molar-refractivity contribution in [2.24, 2.45) is 0 Å². The van der Waals surface area contributed by atoms with Gasteiger partial charge in [-0.05, 0) is 0 Å². The molecule has 0 atom stereocenters. The average molecular weight is 190 g/mol. The van der Waals surface area contributed by atoms with E-state index in [2.05, 4.69) is 9.97 Å². The standard InChI is InChI=1S/C7ClN5/c8-7-4(1-9)12-6(3-11)13-5(7)2-10. The zero-order chi connectivity index (χ0) is 9.84. The van der Waals surface area contributed by atoms with Crippen molar-refractivity contribution < 1.29 is 0 Å². The fraction of sp³-hybridized carbons (Fsp3) is 0. The molecule has 0 amide bonds. The van der Waals surface area contributed by atoms with Crippen LogP contribution in [0.1, 0.15) is 17.2 Å². The molecule has 0 radical (unpaired) electrons. The van der Waals surface area contributed by atoms with Crippen molar-refractivity contribution in [3.8, 4) is 18.2 Å². The van der Waals surface area contributed by atoms with Gasteiger partial charge in [0.2, 0.25) is 5.82 Å². The van der Waals surface area contributed by atoms with E-state index in [1.807, 2.05) is 0 Å². The molecule has 0 unspecified atom stereocenters. The summed E-state index contributed by atoms with van der Waals surface area (Å²) in [4.78, 5) is 7.00. The molecule has 0 saturated heterocycles. The lowest BCUT2D eigenvalue weighted by Gasteiger charge is -1.95. The Morgan fingerprint density at radius 2 is 1.38 bits per heavy atom. The molecule has 0 aliphatic carbocycles. The molecule has 0 saturated carbocycles. The molecule has 0 aliphatic heterocycles. The molecular formula is C7ClN5. The Kier molecular flexibility index (Phi) is 2.40. The van der Waals surface area contributed by atoms with E-state index in [0.717, 1.165) is 0 Å². The Morgan fingerprint density at radius 1 is 0.923 bits per heavy atom. The molecule has 13 heavy (non-hydrogen) atoms. The predicted octanol–water partition coefficient (Wildman–Crippen LogP) is 0.745. The topological polar surface area (TPSA) is 97.1 Å². The lowest BCUT2D eigenvalue weighted by molar-refractivity contribution is 1.07. The number of halogens is 1. The van der Waals surface area contributed by atoms with Gasteiger partial charge in [-0.25, -0.2) is 9.97 Å². The van der Waals surface area contributed by atoms with E-state index in [1.54, 1.807) is 18.2 Å². The Labute approximate surface area is 78.4 Å². The summed E-state index contributed by atoms with van der Waals surface area (Å²) in [6.45, 7) is 0. The third-order valence-corrected chi connectivity index (χ3v) is 1.52. The van der Waals surface area contributed by atoms with Crippen LogP contribution in [0.4, 0.5) is 0 Å². The molecule has 0 N–H and O–H groups in total. The fourth-order valence-corrected chi connectivity index (χ4v) is 0.814. The monoisotopic (exact) mass is 189 g/mol. The Hall–Kier alpha value is -2.16. The summed E-state index contributed by atoms with van der Waals surface area (Å²) < 4.78 is 0. The maximum absolute atomic E-state index is 8.51. The van der Waals surface area contributed by atoms with Gasteiger partial charge in [-0.3, -0.25) is 0 Å². The first-order valence-electron chi connectivity index (χ1n) is 3.00. The maximum Gasteiger partial charge on any atom is 0.234 e. The van der Waals surface area contributed by atoms with Crippen LogP contribution in [0.15, 0.2) is 0 Å². The summed E-state index contributed by atoms with van der Waals surface area (Å²) in [6, 6.07) is 4.94. The second-order valence-electron chi connectivity index (χ2n) is 1.89. The first-order valence-corrected chi connectivity index (χ1v) is 3.38. The van der Waals surface area contributed by atoms with Gasteiger partial charge < -0.3 is 0 Å². The number of nitriles is 3.